The average Bonchev–Trinajstić information content (AvgIpc) is 2.66. The van der Waals surface area contributed by atoms with Gasteiger partial charge in [-0.3, -0.25) is 0 Å². The molecule has 0 radical (unpaired) electrons. The molecule has 0 aliphatic carbocycles. The second-order valence-electron chi connectivity index (χ2n) is 5.59. The van der Waals surface area contributed by atoms with E-state index >= 15 is 0 Å². The largest absolute Gasteiger partial charge is 0.500 e. The quantitative estimate of drug-likeness (QED) is 0.564. The van der Waals surface area contributed by atoms with Crippen molar-refractivity contribution in [3.8, 4) is 0 Å². The molecule has 0 bridgehead atoms. The first kappa shape index (κ1) is 21.5. The fraction of sp³-hybridized carbons (Fsp3) is 0.625. The number of rotatable bonds is 12. The lowest BCUT2D eigenvalue weighted by Gasteiger charge is -2.25. The van der Waals surface area contributed by atoms with Gasteiger partial charge in [-0.25, -0.2) is 0 Å². The molecule has 1 aromatic carbocycles. The van der Waals surface area contributed by atoms with Crippen molar-refractivity contribution in [2.24, 2.45) is 0 Å². The number of aliphatic hydroxyl groups is 1. The molecule has 1 N–H and O–H groups in total. The average molecular weight is 375 g/mol. The number of hydrogen-bond donors (Lipinski definition) is 1. The molecule has 0 atom stereocenters. The fourth-order valence-corrected chi connectivity index (χ4v) is 5.92. The zero-order valence-electron chi connectivity index (χ0n) is 15.3. The lowest BCUT2D eigenvalue weighted by molar-refractivity contribution is 0.123. The van der Waals surface area contributed by atoms with Crippen molar-refractivity contribution in [1.82, 2.24) is 0 Å². The standard InChI is InChI=1S/C16H30O6Si2/c1-18-23(14-17,19-2)12-10-15-6-8-16(9-7-15)11-13-24(20-3,21-4)22-5/h6-9,17H,10-14H2,1-5H3. The van der Waals surface area contributed by atoms with E-state index in [0.29, 0.717) is 0 Å². The SMILES string of the molecule is CO[Si](CO)(CCc1ccc(CC[Si](OC)(OC)OC)cc1)OC. The van der Waals surface area contributed by atoms with Crippen molar-refractivity contribution >= 4 is 17.4 Å². The molecule has 24 heavy (non-hydrogen) atoms. The summed E-state index contributed by atoms with van der Waals surface area (Å²) in [7, 11) is 3.12. The maximum Gasteiger partial charge on any atom is 0.500 e. The van der Waals surface area contributed by atoms with Crippen molar-refractivity contribution in [2.45, 2.75) is 24.9 Å². The molecule has 0 unspecified atom stereocenters. The van der Waals surface area contributed by atoms with Crippen LogP contribution in [-0.4, -0.2) is 64.3 Å². The highest BCUT2D eigenvalue weighted by Crippen LogP contribution is 2.19. The third-order valence-electron chi connectivity index (χ3n) is 4.46. The minimum atomic E-state index is -2.52. The van der Waals surface area contributed by atoms with Gasteiger partial charge in [0.05, 0.1) is 6.23 Å². The van der Waals surface area contributed by atoms with Crippen LogP contribution in [0.5, 0.6) is 0 Å². The maximum absolute atomic E-state index is 9.50. The summed E-state index contributed by atoms with van der Waals surface area (Å²) in [5.74, 6) is 0. The topological polar surface area (TPSA) is 66.4 Å². The molecule has 0 spiro atoms. The van der Waals surface area contributed by atoms with Crippen LogP contribution in [0.3, 0.4) is 0 Å². The van der Waals surface area contributed by atoms with Crippen molar-refractivity contribution in [2.75, 3.05) is 41.8 Å². The molecular formula is C16H30O6Si2. The number of benzene rings is 1. The van der Waals surface area contributed by atoms with Gasteiger partial charge in [-0.1, -0.05) is 24.3 Å². The molecule has 0 aromatic heterocycles. The lowest BCUT2D eigenvalue weighted by atomic mass is 10.1. The zero-order chi connectivity index (χ0) is 18.1. The van der Waals surface area contributed by atoms with Crippen LogP contribution in [0.2, 0.25) is 12.1 Å². The minimum absolute atomic E-state index is 0.0319. The molecule has 138 valence electrons. The first-order valence-electron chi connectivity index (χ1n) is 7.97. The van der Waals surface area contributed by atoms with E-state index in [1.54, 1.807) is 35.5 Å². The minimum Gasteiger partial charge on any atom is -0.396 e. The summed E-state index contributed by atoms with van der Waals surface area (Å²) < 4.78 is 27.2. The number of aliphatic hydroxyl groups excluding tert-OH is 1. The Morgan fingerprint density at radius 1 is 0.708 bits per heavy atom. The first-order chi connectivity index (χ1) is 11.5. The highest BCUT2D eigenvalue weighted by atomic mass is 28.4. The zero-order valence-corrected chi connectivity index (χ0v) is 17.3. The van der Waals surface area contributed by atoms with E-state index in [4.69, 9.17) is 22.1 Å². The van der Waals surface area contributed by atoms with Crippen molar-refractivity contribution < 1.29 is 27.2 Å². The summed E-state index contributed by atoms with van der Waals surface area (Å²) in [6.45, 7) is 0. The molecule has 0 saturated heterocycles. The van der Waals surface area contributed by atoms with Crippen LogP contribution in [0.1, 0.15) is 11.1 Å². The molecule has 8 heteroatoms. The Labute approximate surface area is 147 Å². The summed E-state index contributed by atoms with van der Waals surface area (Å²) in [5, 5.41) is 9.50. The second kappa shape index (κ2) is 10.4. The molecule has 0 amide bonds. The Kier molecular flexibility index (Phi) is 9.31. The predicted octanol–water partition coefficient (Wildman–Crippen LogP) is 1.92. The van der Waals surface area contributed by atoms with Gasteiger partial charge in [-0.15, -0.1) is 0 Å². The van der Waals surface area contributed by atoms with Crippen molar-refractivity contribution in [1.29, 1.82) is 0 Å². The van der Waals surface area contributed by atoms with Gasteiger partial charge in [0.15, 0.2) is 0 Å². The monoisotopic (exact) mass is 374 g/mol. The second-order valence-corrected chi connectivity index (χ2v) is 12.1. The van der Waals surface area contributed by atoms with E-state index in [-0.39, 0.29) is 6.23 Å². The van der Waals surface area contributed by atoms with Crippen LogP contribution < -0.4 is 0 Å². The van der Waals surface area contributed by atoms with E-state index in [1.165, 1.54) is 11.1 Å². The Morgan fingerprint density at radius 3 is 1.46 bits per heavy atom. The molecule has 6 nitrogen and oxygen atoms in total. The Hall–Kier alpha value is -0.586. The lowest BCUT2D eigenvalue weighted by Crippen LogP contribution is -2.45. The fourth-order valence-electron chi connectivity index (χ4n) is 2.56. The molecule has 0 saturated carbocycles. The molecule has 0 aliphatic rings. The number of aryl methyl sites for hydroxylation is 2. The highest BCUT2D eigenvalue weighted by molar-refractivity contribution is 6.67. The summed E-state index contributed by atoms with van der Waals surface area (Å²) in [4.78, 5) is 0. The van der Waals surface area contributed by atoms with E-state index in [9.17, 15) is 5.11 Å². The molecule has 0 heterocycles. The van der Waals surface area contributed by atoms with Crippen molar-refractivity contribution in [3.63, 3.8) is 0 Å². The first-order valence-corrected chi connectivity index (χ1v) is 12.1. The van der Waals surface area contributed by atoms with E-state index in [1.807, 2.05) is 0 Å². The molecular weight excluding hydrogens is 344 g/mol. The van der Waals surface area contributed by atoms with Crippen LogP contribution in [0.15, 0.2) is 24.3 Å². The van der Waals surface area contributed by atoms with E-state index in [2.05, 4.69) is 24.3 Å². The number of hydrogen-bond acceptors (Lipinski definition) is 6. The van der Waals surface area contributed by atoms with Gasteiger partial charge in [0.1, 0.15) is 0 Å². The summed E-state index contributed by atoms with van der Waals surface area (Å²) >= 11 is 0. The van der Waals surface area contributed by atoms with Gasteiger partial charge in [0.25, 0.3) is 0 Å². The van der Waals surface area contributed by atoms with Gasteiger partial charge < -0.3 is 27.2 Å². The van der Waals surface area contributed by atoms with Crippen LogP contribution >= 0.6 is 0 Å². The summed E-state index contributed by atoms with van der Waals surface area (Å²) in [5.41, 5.74) is 2.41. The Morgan fingerprint density at radius 2 is 1.12 bits per heavy atom. The van der Waals surface area contributed by atoms with Gasteiger partial charge in [-0.05, 0) is 30.0 Å². The highest BCUT2D eigenvalue weighted by Gasteiger charge is 2.37. The van der Waals surface area contributed by atoms with E-state index in [0.717, 1.165) is 24.9 Å². The molecule has 0 aliphatic heterocycles. The van der Waals surface area contributed by atoms with Crippen LogP contribution in [0.4, 0.5) is 0 Å². The van der Waals surface area contributed by atoms with Gasteiger partial charge in [0.2, 0.25) is 0 Å². The van der Waals surface area contributed by atoms with Crippen LogP contribution in [0.25, 0.3) is 0 Å². The van der Waals surface area contributed by atoms with Gasteiger partial charge in [-0.2, -0.15) is 0 Å². The third kappa shape index (κ3) is 5.74. The molecule has 0 fully saturated rings. The third-order valence-corrected chi connectivity index (χ3v) is 10.2. The predicted molar refractivity (Wildman–Crippen MR) is 97.1 cm³/mol. The Bertz CT molecular complexity index is 401. The molecule has 1 rings (SSSR count). The van der Waals surface area contributed by atoms with Gasteiger partial charge in [0, 0.05) is 41.6 Å². The smallest absolute Gasteiger partial charge is 0.396 e. The van der Waals surface area contributed by atoms with Crippen LogP contribution in [-0.2, 0) is 35.0 Å². The van der Waals surface area contributed by atoms with Crippen molar-refractivity contribution in [3.05, 3.63) is 35.4 Å². The maximum atomic E-state index is 9.50. The summed E-state index contributed by atoms with van der Waals surface area (Å²) in [6, 6.07) is 9.89. The van der Waals surface area contributed by atoms with Crippen LogP contribution in [0, 0.1) is 0 Å². The molecule has 1 aromatic rings. The van der Waals surface area contributed by atoms with Gasteiger partial charge >= 0.3 is 17.4 Å². The summed E-state index contributed by atoms with van der Waals surface area (Å²) in [6.07, 6.45) is 1.63. The normalized spacial score (nSPS) is 12.6. The van der Waals surface area contributed by atoms with E-state index < -0.39 is 17.4 Å². The Balaban J connectivity index is 2.60.